The SMILES string of the molecule is CC(C)OCCCN(C)C1CCN(c2ccc(NC(=O)c3ccc(Cl)cc3)cc2C(=O)O)CC1.O=C(O)C(F)(F)F. The topological polar surface area (TPSA) is 119 Å². The highest BCUT2D eigenvalue weighted by molar-refractivity contribution is 6.30. The van der Waals surface area contributed by atoms with Crippen LogP contribution < -0.4 is 10.2 Å². The molecule has 2 aromatic carbocycles. The first-order chi connectivity index (χ1) is 19.2. The third kappa shape index (κ3) is 11.2. The lowest BCUT2D eigenvalue weighted by atomic mass is 10.0. The fourth-order valence-electron chi connectivity index (χ4n) is 4.23. The monoisotopic (exact) mass is 601 g/mol. The van der Waals surface area contributed by atoms with Gasteiger partial charge in [-0.25, -0.2) is 9.59 Å². The molecule has 1 aliphatic rings. The molecule has 1 saturated heterocycles. The van der Waals surface area contributed by atoms with Gasteiger partial charge in [-0.3, -0.25) is 4.79 Å². The lowest BCUT2D eigenvalue weighted by Gasteiger charge is -2.38. The van der Waals surface area contributed by atoms with Gasteiger partial charge in [0.2, 0.25) is 0 Å². The van der Waals surface area contributed by atoms with E-state index in [1.807, 2.05) is 13.8 Å². The first kappa shape index (κ1) is 33.9. The van der Waals surface area contributed by atoms with E-state index in [2.05, 4.69) is 22.2 Å². The van der Waals surface area contributed by atoms with Crippen LogP contribution in [0.3, 0.4) is 0 Å². The van der Waals surface area contributed by atoms with Gasteiger partial charge in [-0.05, 0) is 82.6 Å². The summed E-state index contributed by atoms with van der Waals surface area (Å²) in [4.78, 5) is 37.9. The van der Waals surface area contributed by atoms with Crippen molar-refractivity contribution in [1.82, 2.24) is 4.90 Å². The molecule has 0 unspecified atom stereocenters. The molecule has 3 rings (SSSR count). The number of hydrogen-bond donors (Lipinski definition) is 3. The van der Waals surface area contributed by atoms with Gasteiger partial charge < -0.3 is 30.1 Å². The van der Waals surface area contributed by atoms with Gasteiger partial charge in [-0.15, -0.1) is 0 Å². The molecule has 226 valence electrons. The average molecular weight is 602 g/mol. The minimum Gasteiger partial charge on any atom is -0.478 e. The molecular formula is C28H35ClF3N3O6. The van der Waals surface area contributed by atoms with E-state index in [-0.39, 0.29) is 17.6 Å². The number of benzene rings is 2. The molecule has 1 fully saturated rings. The lowest BCUT2D eigenvalue weighted by Crippen LogP contribution is -2.44. The van der Waals surface area contributed by atoms with E-state index in [4.69, 9.17) is 26.2 Å². The predicted molar refractivity (Wildman–Crippen MR) is 150 cm³/mol. The molecule has 41 heavy (non-hydrogen) atoms. The molecule has 0 spiro atoms. The van der Waals surface area contributed by atoms with Gasteiger partial charge in [-0.2, -0.15) is 13.2 Å². The molecule has 0 radical (unpaired) electrons. The molecule has 2 aromatic rings. The second kappa shape index (κ2) is 15.6. The smallest absolute Gasteiger partial charge is 0.478 e. The van der Waals surface area contributed by atoms with Crippen molar-refractivity contribution >= 4 is 40.8 Å². The van der Waals surface area contributed by atoms with Crippen LogP contribution in [0.15, 0.2) is 42.5 Å². The number of ether oxygens (including phenoxy) is 1. The Labute approximate surface area is 241 Å². The maximum absolute atomic E-state index is 12.5. The Hall–Kier alpha value is -3.35. The Morgan fingerprint density at radius 2 is 1.68 bits per heavy atom. The standard InChI is InChI=1S/C26H34ClN3O4.C2HF3O2/c1-18(2)34-16-4-13-29(3)22-11-14-30(15-12-22)24-10-9-21(17-23(24)26(32)33)28-25(31)19-5-7-20(27)8-6-19;3-2(4,5)1(6)7/h5-10,17-18,22H,4,11-16H2,1-3H3,(H,28,31)(H,32,33);(H,6,7). The molecule has 0 atom stereocenters. The summed E-state index contributed by atoms with van der Waals surface area (Å²) in [6.07, 6.45) is -1.89. The lowest BCUT2D eigenvalue weighted by molar-refractivity contribution is -0.192. The van der Waals surface area contributed by atoms with E-state index in [1.165, 1.54) is 6.07 Å². The third-order valence-electron chi connectivity index (χ3n) is 6.37. The number of aromatic carboxylic acids is 1. The number of anilines is 2. The summed E-state index contributed by atoms with van der Waals surface area (Å²) in [5.41, 5.74) is 1.77. The van der Waals surface area contributed by atoms with Gasteiger partial charge in [0.05, 0.1) is 17.4 Å². The number of aliphatic carboxylic acids is 1. The van der Waals surface area contributed by atoms with Gasteiger partial charge in [-0.1, -0.05) is 11.6 Å². The number of alkyl halides is 3. The number of amides is 1. The van der Waals surface area contributed by atoms with E-state index >= 15 is 0 Å². The van der Waals surface area contributed by atoms with Crippen LogP contribution in [-0.4, -0.2) is 84.6 Å². The first-order valence-corrected chi connectivity index (χ1v) is 13.4. The van der Waals surface area contributed by atoms with Crippen molar-refractivity contribution in [3.63, 3.8) is 0 Å². The largest absolute Gasteiger partial charge is 0.490 e. The predicted octanol–water partition coefficient (Wildman–Crippen LogP) is 5.64. The van der Waals surface area contributed by atoms with E-state index < -0.39 is 18.1 Å². The second-order valence-electron chi connectivity index (χ2n) is 9.77. The first-order valence-electron chi connectivity index (χ1n) is 13.0. The highest BCUT2D eigenvalue weighted by Crippen LogP contribution is 2.29. The van der Waals surface area contributed by atoms with Crippen LogP contribution in [-0.2, 0) is 9.53 Å². The van der Waals surface area contributed by atoms with Crippen molar-refractivity contribution in [2.75, 3.05) is 43.5 Å². The molecule has 13 heteroatoms. The van der Waals surface area contributed by atoms with Crippen molar-refractivity contribution in [2.24, 2.45) is 0 Å². The van der Waals surface area contributed by atoms with E-state index in [0.717, 1.165) is 45.5 Å². The molecule has 1 aliphatic heterocycles. The average Bonchev–Trinajstić information content (AvgIpc) is 2.91. The fourth-order valence-corrected chi connectivity index (χ4v) is 4.35. The number of rotatable bonds is 10. The zero-order valence-electron chi connectivity index (χ0n) is 23.1. The number of piperidine rings is 1. The van der Waals surface area contributed by atoms with Crippen molar-refractivity contribution < 1.29 is 42.5 Å². The number of halogens is 4. The van der Waals surface area contributed by atoms with Gasteiger partial charge in [0, 0.05) is 48.6 Å². The van der Waals surface area contributed by atoms with Crippen molar-refractivity contribution in [2.45, 2.75) is 51.4 Å². The van der Waals surface area contributed by atoms with Crippen LogP contribution in [0.2, 0.25) is 5.02 Å². The van der Waals surface area contributed by atoms with Crippen LogP contribution >= 0.6 is 11.6 Å². The Morgan fingerprint density at radius 3 is 2.20 bits per heavy atom. The summed E-state index contributed by atoms with van der Waals surface area (Å²) in [6.45, 7) is 7.42. The second-order valence-corrected chi connectivity index (χ2v) is 10.2. The molecular weight excluding hydrogens is 567 g/mol. The molecule has 0 aliphatic carbocycles. The number of nitrogens with one attached hydrogen (secondary N) is 1. The summed E-state index contributed by atoms with van der Waals surface area (Å²) in [7, 11) is 2.15. The molecule has 0 saturated carbocycles. The van der Waals surface area contributed by atoms with Crippen molar-refractivity contribution in [3.05, 3.63) is 58.6 Å². The fraction of sp³-hybridized carbons (Fsp3) is 0.464. The number of carboxylic acid groups (broad SMARTS) is 2. The summed E-state index contributed by atoms with van der Waals surface area (Å²) in [6, 6.07) is 12.1. The Balaban J connectivity index is 0.000000745. The zero-order valence-corrected chi connectivity index (χ0v) is 23.8. The number of carbonyl (C=O) groups is 3. The minimum atomic E-state index is -5.08. The zero-order chi connectivity index (χ0) is 30.7. The van der Waals surface area contributed by atoms with Crippen LogP contribution in [0.5, 0.6) is 0 Å². The van der Waals surface area contributed by atoms with Gasteiger partial charge in [0.25, 0.3) is 5.91 Å². The number of hydrogen-bond acceptors (Lipinski definition) is 6. The molecule has 3 N–H and O–H groups in total. The van der Waals surface area contributed by atoms with Crippen LogP contribution in [0, 0.1) is 0 Å². The van der Waals surface area contributed by atoms with Gasteiger partial charge in [0.1, 0.15) is 0 Å². The molecule has 9 nitrogen and oxygen atoms in total. The molecule has 0 aromatic heterocycles. The normalized spacial score (nSPS) is 14.0. The Kier molecular flexibility index (Phi) is 12.9. The maximum atomic E-state index is 12.5. The van der Waals surface area contributed by atoms with E-state index in [0.29, 0.717) is 28.0 Å². The summed E-state index contributed by atoms with van der Waals surface area (Å²) in [5.74, 6) is -4.09. The van der Waals surface area contributed by atoms with E-state index in [1.54, 1.807) is 36.4 Å². The van der Waals surface area contributed by atoms with Crippen molar-refractivity contribution in [3.8, 4) is 0 Å². The van der Waals surface area contributed by atoms with Crippen LogP contribution in [0.4, 0.5) is 24.5 Å². The number of nitrogens with zero attached hydrogens (tertiary/aromatic N) is 2. The summed E-state index contributed by atoms with van der Waals surface area (Å²) >= 11 is 5.88. The molecule has 1 heterocycles. The van der Waals surface area contributed by atoms with Crippen molar-refractivity contribution in [1.29, 1.82) is 0 Å². The Bertz CT molecular complexity index is 1170. The highest BCUT2D eigenvalue weighted by Gasteiger charge is 2.38. The van der Waals surface area contributed by atoms with Crippen LogP contribution in [0.1, 0.15) is 53.8 Å². The maximum Gasteiger partial charge on any atom is 0.490 e. The van der Waals surface area contributed by atoms with Crippen LogP contribution in [0.25, 0.3) is 0 Å². The minimum absolute atomic E-state index is 0.187. The number of carbonyl (C=O) groups excluding carboxylic acids is 1. The third-order valence-corrected chi connectivity index (χ3v) is 6.62. The summed E-state index contributed by atoms with van der Waals surface area (Å²) < 4.78 is 37.4. The Morgan fingerprint density at radius 1 is 1.10 bits per heavy atom. The summed E-state index contributed by atoms with van der Waals surface area (Å²) in [5, 5.41) is 20.3. The number of carboxylic acids is 2. The van der Waals surface area contributed by atoms with E-state index in [9.17, 15) is 27.9 Å². The molecule has 1 amide bonds. The molecule has 0 bridgehead atoms. The van der Waals surface area contributed by atoms with Gasteiger partial charge >= 0.3 is 18.1 Å². The quantitative estimate of drug-likeness (QED) is 0.299. The highest BCUT2D eigenvalue weighted by atomic mass is 35.5. The van der Waals surface area contributed by atoms with Gasteiger partial charge in [0.15, 0.2) is 0 Å².